The first kappa shape index (κ1) is 23.5. The number of nitrogens with zero attached hydrogens (tertiary/aromatic N) is 2. The van der Waals surface area contributed by atoms with Gasteiger partial charge in [0.2, 0.25) is 0 Å². The fraction of sp³-hybridized carbons (Fsp3) is 0.360. The van der Waals surface area contributed by atoms with Crippen LogP contribution in [0.15, 0.2) is 54.1 Å². The highest BCUT2D eigenvalue weighted by molar-refractivity contribution is 6.46. The smallest absolute Gasteiger partial charge is 0.295 e. The molecule has 2 aromatic carbocycles. The third-order valence-corrected chi connectivity index (χ3v) is 5.70. The predicted molar refractivity (Wildman–Crippen MR) is 121 cm³/mol. The second-order valence-corrected chi connectivity index (χ2v) is 7.53. The van der Waals surface area contributed by atoms with Crippen LogP contribution in [0.4, 0.5) is 4.39 Å². The number of likely N-dealkylation sites (tertiary alicyclic amines) is 1. The molecule has 1 aliphatic rings. The summed E-state index contributed by atoms with van der Waals surface area (Å²) in [6.45, 7) is 8.87. The van der Waals surface area contributed by atoms with Gasteiger partial charge in [0.1, 0.15) is 17.3 Å². The van der Waals surface area contributed by atoms with Gasteiger partial charge >= 0.3 is 0 Å². The van der Waals surface area contributed by atoms with Crippen LogP contribution >= 0.6 is 0 Å². The molecule has 0 saturated carbocycles. The van der Waals surface area contributed by atoms with E-state index in [0.29, 0.717) is 36.6 Å². The SMILES string of the molecule is CCOc1cccc(/C(O)=C2\C(=O)C(=O)N(CCN(CC)CC)C2c2ccc(F)cc2)c1. The predicted octanol–water partition coefficient (Wildman–Crippen LogP) is 3.99. The number of benzene rings is 2. The van der Waals surface area contributed by atoms with Gasteiger partial charge in [0, 0.05) is 18.7 Å². The lowest BCUT2D eigenvalue weighted by Gasteiger charge is -2.28. The number of carbonyl (C=O) groups excluding carboxylic acids is 2. The van der Waals surface area contributed by atoms with Crippen LogP contribution in [0.25, 0.3) is 5.76 Å². The van der Waals surface area contributed by atoms with Crippen molar-refractivity contribution < 1.29 is 23.8 Å². The molecular formula is C25H29FN2O4. The van der Waals surface area contributed by atoms with Gasteiger partial charge in [-0.1, -0.05) is 38.1 Å². The molecule has 0 radical (unpaired) electrons. The molecule has 6 nitrogen and oxygen atoms in total. The average Bonchev–Trinajstić information content (AvgIpc) is 3.05. The monoisotopic (exact) mass is 440 g/mol. The summed E-state index contributed by atoms with van der Waals surface area (Å²) in [7, 11) is 0. The van der Waals surface area contributed by atoms with Crippen LogP contribution in [0, 0.1) is 5.82 Å². The maximum absolute atomic E-state index is 13.6. The average molecular weight is 441 g/mol. The van der Waals surface area contributed by atoms with E-state index in [1.807, 2.05) is 20.8 Å². The molecule has 3 rings (SSSR count). The maximum atomic E-state index is 13.6. The Kier molecular flexibility index (Phi) is 7.64. The van der Waals surface area contributed by atoms with Gasteiger partial charge in [-0.15, -0.1) is 0 Å². The number of aliphatic hydroxyl groups is 1. The van der Waals surface area contributed by atoms with E-state index in [9.17, 15) is 19.1 Å². The Morgan fingerprint density at radius 2 is 1.78 bits per heavy atom. The van der Waals surface area contributed by atoms with Crippen molar-refractivity contribution in [1.82, 2.24) is 9.80 Å². The molecule has 1 unspecified atom stereocenters. The molecule has 1 heterocycles. The van der Waals surface area contributed by atoms with Crippen molar-refractivity contribution in [2.24, 2.45) is 0 Å². The van der Waals surface area contributed by atoms with E-state index in [1.165, 1.54) is 17.0 Å². The highest BCUT2D eigenvalue weighted by Gasteiger charge is 2.46. The van der Waals surface area contributed by atoms with Crippen LogP contribution in [-0.4, -0.2) is 59.4 Å². The molecule has 1 aliphatic heterocycles. The third kappa shape index (κ3) is 4.83. The van der Waals surface area contributed by atoms with Crippen LogP contribution in [0.5, 0.6) is 5.75 Å². The molecule has 0 aromatic heterocycles. The van der Waals surface area contributed by atoms with Gasteiger partial charge < -0.3 is 19.6 Å². The van der Waals surface area contributed by atoms with E-state index in [4.69, 9.17) is 4.74 Å². The maximum Gasteiger partial charge on any atom is 0.295 e. The fourth-order valence-electron chi connectivity index (χ4n) is 3.95. The van der Waals surface area contributed by atoms with Crippen molar-refractivity contribution >= 4 is 17.4 Å². The first-order valence-electron chi connectivity index (χ1n) is 10.9. The first-order chi connectivity index (χ1) is 15.4. The number of ether oxygens (including phenoxy) is 1. The number of aliphatic hydroxyl groups excluding tert-OH is 1. The van der Waals surface area contributed by atoms with Gasteiger partial charge in [0.05, 0.1) is 18.2 Å². The van der Waals surface area contributed by atoms with Gasteiger partial charge in [0.15, 0.2) is 0 Å². The Morgan fingerprint density at radius 1 is 1.09 bits per heavy atom. The highest BCUT2D eigenvalue weighted by Crippen LogP contribution is 2.39. The summed E-state index contributed by atoms with van der Waals surface area (Å²) in [6.07, 6.45) is 0. The Balaban J connectivity index is 2.08. The molecule has 0 bridgehead atoms. The molecule has 32 heavy (non-hydrogen) atoms. The van der Waals surface area contributed by atoms with Gasteiger partial charge in [-0.3, -0.25) is 9.59 Å². The number of hydrogen-bond donors (Lipinski definition) is 1. The lowest BCUT2D eigenvalue weighted by molar-refractivity contribution is -0.140. The molecule has 1 atom stereocenters. The van der Waals surface area contributed by atoms with Crippen molar-refractivity contribution in [2.45, 2.75) is 26.8 Å². The number of halogens is 1. The Hall–Kier alpha value is -3.19. The Bertz CT molecular complexity index is 999. The number of carbonyl (C=O) groups is 2. The quantitative estimate of drug-likeness (QED) is 0.363. The molecule has 1 saturated heterocycles. The first-order valence-corrected chi connectivity index (χ1v) is 10.9. The van der Waals surface area contributed by atoms with E-state index in [0.717, 1.165) is 13.1 Å². The minimum absolute atomic E-state index is 0.00481. The summed E-state index contributed by atoms with van der Waals surface area (Å²) < 4.78 is 19.1. The van der Waals surface area contributed by atoms with E-state index >= 15 is 0 Å². The van der Waals surface area contributed by atoms with E-state index < -0.39 is 23.5 Å². The lowest BCUT2D eigenvalue weighted by Crippen LogP contribution is -2.38. The standard InChI is InChI=1S/C25H29FN2O4/c1-4-27(5-2)14-15-28-22(17-10-12-19(26)13-11-17)21(24(30)25(28)31)23(29)18-8-7-9-20(16-18)32-6-3/h7-13,16,22,29H,4-6,14-15H2,1-3H3/b23-21+. The number of hydrogen-bond acceptors (Lipinski definition) is 5. The van der Waals surface area contributed by atoms with Crippen molar-refractivity contribution in [3.8, 4) is 5.75 Å². The molecule has 0 spiro atoms. The summed E-state index contributed by atoms with van der Waals surface area (Å²) in [5.41, 5.74) is 0.937. The van der Waals surface area contributed by atoms with Crippen LogP contribution in [0.1, 0.15) is 37.9 Å². The Morgan fingerprint density at radius 3 is 2.41 bits per heavy atom. The van der Waals surface area contributed by atoms with Gasteiger partial charge in [-0.2, -0.15) is 0 Å². The van der Waals surface area contributed by atoms with E-state index in [1.54, 1.807) is 36.4 Å². The molecular weight excluding hydrogens is 411 g/mol. The molecule has 1 amide bonds. The summed E-state index contributed by atoms with van der Waals surface area (Å²) in [6, 6.07) is 11.6. The van der Waals surface area contributed by atoms with Crippen LogP contribution in [0.2, 0.25) is 0 Å². The number of Topliss-reactive ketones (excluding diaryl/α,β-unsaturated/α-hetero) is 1. The largest absolute Gasteiger partial charge is 0.507 e. The second kappa shape index (κ2) is 10.4. The second-order valence-electron chi connectivity index (χ2n) is 7.53. The van der Waals surface area contributed by atoms with Crippen LogP contribution < -0.4 is 4.74 Å². The molecule has 7 heteroatoms. The van der Waals surface area contributed by atoms with E-state index in [2.05, 4.69) is 4.90 Å². The van der Waals surface area contributed by atoms with Crippen molar-refractivity contribution in [3.05, 3.63) is 71.0 Å². The van der Waals surface area contributed by atoms with Gasteiger partial charge in [-0.05, 0) is 49.8 Å². The molecule has 1 fully saturated rings. The molecule has 1 N–H and O–H groups in total. The van der Waals surface area contributed by atoms with E-state index in [-0.39, 0.29) is 11.3 Å². The van der Waals surface area contributed by atoms with Crippen LogP contribution in [-0.2, 0) is 9.59 Å². The molecule has 170 valence electrons. The summed E-state index contributed by atoms with van der Waals surface area (Å²) in [5.74, 6) is -1.57. The summed E-state index contributed by atoms with van der Waals surface area (Å²) in [5, 5.41) is 11.1. The number of amides is 1. The fourth-order valence-corrected chi connectivity index (χ4v) is 3.95. The highest BCUT2D eigenvalue weighted by atomic mass is 19.1. The number of likely N-dealkylation sites (N-methyl/N-ethyl adjacent to an activating group) is 1. The minimum atomic E-state index is -0.804. The van der Waals surface area contributed by atoms with Gasteiger partial charge in [0.25, 0.3) is 11.7 Å². The lowest BCUT2D eigenvalue weighted by atomic mass is 9.95. The van der Waals surface area contributed by atoms with Crippen LogP contribution in [0.3, 0.4) is 0 Å². The molecule has 0 aliphatic carbocycles. The zero-order valence-corrected chi connectivity index (χ0v) is 18.7. The summed E-state index contributed by atoms with van der Waals surface area (Å²) >= 11 is 0. The third-order valence-electron chi connectivity index (χ3n) is 5.70. The molecule has 2 aromatic rings. The number of rotatable bonds is 9. The Labute approximate surface area is 187 Å². The number of ketones is 1. The van der Waals surface area contributed by atoms with Crippen molar-refractivity contribution in [2.75, 3.05) is 32.8 Å². The van der Waals surface area contributed by atoms with Crippen molar-refractivity contribution in [1.29, 1.82) is 0 Å². The summed E-state index contributed by atoms with van der Waals surface area (Å²) in [4.78, 5) is 29.6. The van der Waals surface area contributed by atoms with Crippen molar-refractivity contribution in [3.63, 3.8) is 0 Å². The normalized spacial score (nSPS) is 17.9. The zero-order valence-electron chi connectivity index (χ0n) is 18.7. The van der Waals surface area contributed by atoms with Gasteiger partial charge in [-0.25, -0.2) is 4.39 Å². The topological polar surface area (TPSA) is 70.1 Å². The minimum Gasteiger partial charge on any atom is -0.507 e. The zero-order chi connectivity index (χ0) is 23.3.